The maximum absolute atomic E-state index is 14.5. The Hall–Kier alpha value is -6.51. The summed E-state index contributed by atoms with van der Waals surface area (Å²) in [6.07, 6.45) is 2.46. The van der Waals surface area contributed by atoms with Gasteiger partial charge in [-0.3, -0.25) is 28.9 Å². The molecule has 2 saturated heterocycles. The number of nitrogens with two attached hydrogens (primary N) is 1. The highest BCUT2D eigenvalue weighted by Gasteiger charge is 2.44. The summed E-state index contributed by atoms with van der Waals surface area (Å²) in [5, 5.41) is 0. The fourth-order valence-electron chi connectivity index (χ4n) is 7.72. The molecule has 2 aliphatic rings. The molecule has 0 aliphatic carbocycles. The quantitative estimate of drug-likeness (QED) is 0.167. The van der Waals surface area contributed by atoms with Gasteiger partial charge in [0.1, 0.15) is 29.8 Å². The number of hydrogen-bond acceptors (Lipinski definition) is 9. The Kier molecular flexibility index (Phi) is 12.3. The average molecular weight is 792 g/mol. The van der Waals surface area contributed by atoms with Crippen molar-refractivity contribution >= 4 is 35.7 Å². The van der Waals surface area contributed by atoms with Gasteiger partial charge in [-0.05, 0) is 37.5 Å². The van der Waals surface area contributed by atoms with Crippen LogP contribution in [0.5, 0.6) is 0 Å². The second-order valence-electron chi connectivity index (χ2n) is 15.3. The van der Waals surface area contributed by atoms with Crippen molar-refractivity contribution in [3.05, 3.63) is 126 Å². The van der Waals surface area contributed by atoms with Gasteiger partial charge in [-0.1, -0.05) is 91.0 Å². The fourth-order valence-corrected chi connectivity index (χ4v) is 7.72. The molecule has 0 unspecified atom stereocenters. The maximum Gasteiger partial charge on any atom is 0.411 e. The first-order valence-electron chi connectivity index (χ1n) is 19.1. The van der Waals surface area contributed by atoms with Crippen molar-refractivity contribution in [3.8, 4) is 0 Å². The zero-order chi connectivity index (χ0) is 41.6. The van der Waals surface area contributed by atoms with Gasteiger partial charge in [0, 0.05) is 38.8 Å². The second kappa shape index (κ2) is 17.3. The monoisotopic (exact) mass is 791 g/mol. The number of primary amides is 1. The van der Waals surface area contributed by atoms with E-state index in [0.717, 1.165) is 16.7 Å². The summed E-state index contributed by atoms with van der Waals surface area (Å²) in [6, 6.07) is 27.8. The number of imidazole rings is 1. The van der Waals surface area contributed by atoms with E-state index < -0.39 is 71.9 Å². The molecule has 6 rings (SSSR count). The molecule has 2 aliphatic heterocycles. The smallest absolute Gasteiger partial charge is 0.411 e. The number of methoxy groups -OCH3 is 1. The van der Waals surface area contributed by atoms with Crippen molar-refractivity contribution in [1.29, 1.82) is 0 Å². The Labute approximate surface area is 337 Å². The van der Waals surface area contributed by atoms with E-state index in [1.807, 2.05) is 65.4 Å². The largest absolute Gasteiger partial charge is 0.468 e. The molecule has 0 spiro atoms. The first-order valence-corrected chi connectivity index (χ1v) is 19.1. The van der Waals surface area contributed by atoms with Crippen LogP contribution in [0.2, 0.25) is 0 Å². The molecule has 4 aromatic rings. The summed E-state index contributed by atoms with van der Waals surface area (Å²) >= 11 is 0. The van der Waals surface area contributed by atoms with Crippen LogP contribution >= 0.6 is 0 Å². The van der Waals surface area contributed by atoms with Gasteiger partial charge in [0.05, 0.1) is 32.1 Å². The van der Waals surface area contributed by atoms with Crippen LogP contribution in [-0.2, 0) is 45.4 Å². The first kappa shape index (κ1) is 41.1. The highest BCUT2D eigenvalue weighted by molar-refractivity contribution is 5.96. The number of ether oxygens (including phenoxy) is 2. The van der Waals surface area contributed by atoms with Crippen molar-refractivity contribution in [3.63, 3.8) is 0 Å². The minimum atomic E-state index is -1.26. The van der Waals surface area contributed by atoms with E-state index in [9.17, 15) is 28.8 Å². The molecule has 3 heterocycles. The molecule has 2 fully saturated rings. The zero-order valence-corrected chi connectivity index (χ0v) is 33.2. The van der Waals surface area contributed by atoms with Gasteiger partial charge in [0.2, 0.25) is 23.6 Å². The van der Waals surface area contributed by atoms with Gasteiger partial charge in [0.15, 0.2) is 0 Å². The summed E-state index contributed by atoms with van der Waals surface area (Å²) in [7, 11) is 1.19. The molecule has 15 nitrogen and oxygen atoms in total. The Bertz CT molecular complexity index is 2020. The van der Waals surface area contributed by atoms with Crippen LogP contribution in [0.1, 0.15) is 49.6 Å². The number of hydrogen-bond donors (Lipinski definition) is 1. The van der Waals surface area contributed by atoms with Crippen molar-refractivity contribution in [2.45, 2.75) is 56.8 Å². The van der Waals surface area contributed by atoms with Crippen LogP contribution in [-0.4, -0.2) is 129 Å². The van der Waals surface area contributed by atoms with Gasteiger partial charge < -0.3 is 34.5 Å². The van der Waals surface area contributed by atoms with Crippen molar-refractivity contribution in [2.75, 3.05) is 46.4 Å². The van der Waals surface area contributed by atoms with Gasteiger partial charge in [0.25, 0.3) is 0 Å². The molecule has 58 heavy (non-hydrogen) atoms. The fraction of sp³-hybridized carbons (Fsp3) is 0.372. The lowest BCUT2D eigenvalue weighted by Crippen LogP contribution is -2.64. The number of carbonyl (C=O) groups is 6. The van der Waals surface area contributed by atoms with Crippen molar-refractivity contribution in [1.82, 2.24) is 29.2 Å². The third kappa shape index (κ3) is 8.72. The summed E-state index contributed by atoms with van der Waals surface area (Å²) in [6.45, 7) is 4.51. The molecule has 1 aromatic heterocycles. The highest BCUT2D eigenvalue weighted by atomic mass is 16.6. The number of nitrogens with zero attached hydrogens (tertiary/aromatic N) is 6. The summed E-state index contributed by atoms with van der Waals surface area (Å²) < 4.78 is 12.5. The van der Waals surface area contributed by atoms with Gasteiger partial charge in [-0.25, -0.2) is 9.78 Å². The predicted molar refractivity (Wildman–Crippen MR) is 212 cm³/mol. The van der Waals surface area contributed by atoms with Gasteiger partial charge in [-0.2, -0.15) is 0 Å². The number of carbonyl (C=O) groups excluding carboxylic acids is 6. The van der Waals surface area contributed by atoms with E-state index in [-0.39, 0.29) is 39.1 Å². The maximum atomic E-state index is 14.5. The predicted octanol–water partition coefficient (Wildman–Crippen LogP) is 2.80. The number of piperazine rings is 2. The van der Waals surface area contributed by atoms with E-state index >= 15 is 0 Å². The van der Waals surface area contributed by atoms with Gasteiger partial charge >= 0.3 is 12.1 Å². The molecule has 0 bridgehead atoms. The molecule has 5 amide bonds. The second-order valence-corrected chi connectivity index (χ2v) is 15.3. The van der Waals surface area contributed by atoms with Gasteiger partial charge in [-0.15, -0.1) is 0 Å². The Morgan fingerprint density at radius 2 is 1.22 bits per heavy atom. The topological polar surface area (TPSA) is 178 Å². The summed E-state index contributed by atoms with van der Waals surface area (Å²) in [4.78, 5) is 89.4. The normalized spacial score (nSPS) is 17.6. The van der Waals surface area contributed by atoms with E-state index in [1.165, 1.54) is 26.7 Å². The van der Waals surface area contributed by atoms with Crippen LogP contribution in [0.25, 0.3) is 0 Å². The van der Waals surface area contributed by atoms with E-state index in [4.69, 9.17) is 20.2 Å². The molecule has 0 saturated carbocycles. The van der Waals surface area contributed by atoms with Crippen molar-refractivity contribution in [2.24, 2.45) is 5.73 Å². The zero-order valence-electron chi connectivity index (χ0n) is 33.2. The third-order valence-electron chi connectivity index (χ3n) is 10.4. The van der Waals surface area contributed by atoms with E-state index in [1.54, 1.807) is 27.1 Å². The highest BCUT2D eigenvalue weighted by Crippen LogP contribution is 2.41. The minimum absolute atomic E-state index is 0.000789. The SMILES string of the molecule is COC(=O)CN1CCN(C(=O)CN2CCN(C(=O)OC(C)(C)C)[C@@H](Cc3cn(C(c4ccccc4)(c4ccccc4)c4ccccc4)cn3)C2=O)[C@@H](CC(N)=O)C1=O. The van der Waals surface area contributed by atoms with E-state index in [2.05, 4.69) is 36.4 Å². The average Bonchev–Trinajstić information content (AvgIpc) is 3.67. The number of benzene rings is 3. The lowest BCUT2D eigenvalue weighted by atomic mass is 9.77. The van der Waals surface area contributed by atoms with E-state index in [0.29, 0.717) is 5.69 Å². The Balaban J connectivity index is 1.32. The lowest BCUT2D eigenvalue weighted by molar-refractivity contribution is -0.159. The number of esters is 1. The van der Waals surface area contributed by atoms with Crippen molar-refractivity contribution < 1.29 is 38.2 Å². The molecule has 2 atom stereocenters. The lowest BCUT2D eigenvalue weighted by Gasteiger charge is -2.43. The summed E-state index contributed by atoms with van der Waals surface area (Å²) in [5.41, 5.74) is 7.20. The Morgan fingerprint density at radius 1 is 0.724 bits per heavy atom. The number of rotatable bonds is 12. The number of aromatic nitrogens is 2. The molecule has 2 N–H and O–H groups in total. The minimum Gasteiger partial charge on any atom is -0.468 e. The molecule has 3 aromatic carbocycles. The molecular formula is C43H49N7O8. The molecule has 15 heteroatoms. The molecule has 304 valence electrons. The van der Waals surface area contributed by atoms with Crippen LogP contribution < -0.4 is 5.73 Å². The number of amides is 5. The molecular weight excluding hydrogens is 743 g/mol. The first-order chi connectivity index (χ1) is 27.7. The van der Waals surface area contributed by atoms with Crippen LogP contribution in [0, 0.1) is 0 Å². The van der Waals surface area contributed by atoms with Crippen LogP contribution in [0.15, 0.2) is 104 Å². The third-order valence-corrected chi connectivity index (χ3v) is 10.4. The molecule has 0 radical (unpaired) electrons. The standard InChI is InChI=1S/C43H49N7O8/c1-42(2,3)58-41(56)50-23-21-46(27-37(52)49-22-20-47(28-38(53)57-4)40(55)35(49)25-36(44)51)39(54)34(50)24-33-26-48(29-45-33)43(30-14-8-5-9-15-30,31-16-10-6-11-17-31)32-18-12-7-13-19-32/h5-19,26,29,34-35H,20-25,27-28H2,1-4H3,(H2,44,51)/t34-,35-/m0/s1. The summed E-state index contributed by atoms with van der Waals surface area (Å²) in [5.74, 6) is -3.19. The van der Waals surface area contributed by atoms with Crippen LogP contribution in [0.4, 0.5) is 4.79 Å². The van der Waals surface area contributed by atoms with Crippen LogP contribution in [0.3, 0.4) is 0 Å². The Morgan fingerprint density at radius 3 is 1.72 bits per heavy atom.